The average Bonchev–Trinajstić information content (AvgIpc) is 2.56. The standard InChI is InChI=1S/C18H22Cl2N4O/c1-3-4-8-21-17-11-16(23-12(2)24-17)18(25)22-9-7-13-5-6-14(19)10-15(13)20/h5-6,10-11H,3-4,7-9H2,1-2H3,(H,22,25)(H,21,23,24). The van der Waals surface area contributed by atoms with E-state index >= 15 is 0 Å². The Balaban J connectivity index is 1.93. The van der Waals surface area contributed by atoms with Crippen LogP contribution in [0.4, 0.5) is 5.82 Å². The average molecular weight is 381 g/mol. The van der Waals surface area contributed by atoms with Crippen molar-refractivity contribution in [3.8, 4) is 0 Å². The largest absolute Gasteiger partial charge is 0.370 e. The maximum absolute atomic E-state index is 12.3. The Morgan fingerprint density at radius 3 is 2.68 bits per heavy atom. The highest BCUT2D eigenvalue weighted by atomic mass is 35.5. The smallest absolute Gasteiger partial charge is 0.270 e. The number of nitrogens with zero attached hydrogens (tertiary/aromatic N) is 2. The molecule has 25 heavy (non-hydrogen) atoms. The van der Waals surface area contributed by atoms with E-state index in [1.165, 1.54) is 0 Å². The summed E-state index contributed by atoms with van der Waals surface area (Å²) in [5, 5.41) is 7.27. The third kappa shape index (κ3) is 6.18. The van der Waals surface area contributed by atoms with Crippen molar-refractivity contribution in [1.29, 1.82) is 0 Å². The van der Waals surface area contributed by atoms with Gasteiger partial charge >= 0.3 is 0 Å². The number of benzene rings is 1. The van der Waals surface area contributed by atoms with Crippen LogP contribution in [0.5, 0.6) is 0 Å². The maximum Gasteiger partial charge on any atom is 0.270 e. The van der Waals surface area contributed by atoms with Crippen molar-refractivity contribution in [2.24, 2.45) is 0 Å². The fraction of sp³-hybridized carbons (Fsp3) is 0.389. The number of nitrogens with one attached hydrogen (secondary N) is 2. The second kappa shape index (κ2) is 9.59. The van der Waals surface area contributed by atoms with Crippen LogP contribution in [0.25, 0.3) is 0 Å². The van der Waals surface area contributed by atoms with Gasteiger partial charge in [-0.15, -0.1) is 0 Å². The van der Waals surface area contributed by atoms with E-state index in [1.54, 1.807) is 25.1 Å². The van der Waals surface area contributed by atoms with E-state index in [9.17, 15) is 4.79 Å². The number of aromatic nitrogens is 2. The Hall–Kier alpha value is -1.85. The van der Waals surface area contributed by atoms with Crippen molar-refractivity contribution in [1.82, 2.24) is 15.3 Å². The van der Waals surface area contributed by atoms with Crippen LogP contribution in [0.1, 0.15) is 41.6 Å². The third-order valence-electron chi connectivity index (χ3n) is 3.60. The lowest BCUT2D eigenvalue weighted by atomic mass is 10.1. The van der Waals surface area contributed by atoms with Gasteiger partial charge in [0.15, 0.2) is 0 Å². The molecule has 5 nitrogen and oxygen atoms in total. The predicted octanol–water partition coefficient (Wildman–Crippen LogP) is 4.28. The van der Waals surface area contributed by atoms with Crippen LogP contribution in [-0.4, -0.2) is 29.0 Å². The van der Waals surface area contributed by atoms with Crippen LogP contribution in [0.3, 0.4) is 0 Å². The van der Waals surface area contributed by atoms with E-state index in [-0.39, 0.29) is 5.91 Å². The van der Waals surface area contributed by atoms with Gasteiger partial charge in [0.25, 0.3) is 5.91 Å². The highest BCUT2D eigenvalue weighted by Crippen LogP contribution is 2.21. The molecule has 0 fully saturated rings. The number of unbranched alkanes of at least 4 members (excludes halogenated alkanes) is 1. The molecule has 1 aromatic carbocycles. The zero-order valence-electron chi connectivity index (χ0n) is 14.4. The second-order valence-corrected chi connectivity index (χ2v) is 6.55. The minimum Gasteiger partial charge on any atom is -0.370 e. The molecular formula is C18H22Cl2N4O. The van der Waals surface area contributed by atoms with Crippen molar-refractivity contribution >= 4 is 34.9 Å². The Kier molecular flexibility index (Phi) is 7.47. The van der Waals surface area contributed by atoms with Crippen LogP contribution in [0.15, 0.2) is 24.3 Å². The summed E-state index contributed by atoms with van der Waals surface area (Å²) in [6, 6.07) is 7.02. The number of anilines is 1. The Morgan fingerprint density at radius 2 is 1.96 bits per heavy atom. The molecule has 7 heteroatoms. The molecule has 2 N–H and O–H groups in total. The van der Waals surface area contributed by atoms with Crippen molar-refractivity contribution in [3.63, 3.8) is 0 Å². The molecule has 1 amide bonds. The van der Waals surface area contributed by atoms with Crippen LogP contribution >= 0.6 is 23.2 Å². The summed E-state index contributed by atoms with van der Waals surface area (Å²) in [5.74, 6) is 1.01. The number of aryl methyl sites for hydroxylation is 1. The number of carbonyl (C=O) groups is 1. The molecule has 0 spiro atoms. The van der Waals surface area contributed by atoms with E-state index in [2.05, 4.69) is 27.5 Å². The number of hydrogen-bond donors (Lipinski definition) is 2. The minimum atomic E-state index is -0.228. The van der Waals surface area contributed by atoms with Gasteiger partial charge in [0.1, 0.15) is 17.3 Å². The Bertz CT molecular complexity index is 737. The SMILES string of the molecule is CCCCNc1cc(C(=O)NCCc2ccc(Cl)cc2Cl)nc(C)n1. The number of hydrogen-bond acceptors (Lipinski definition) is 4. The van der Waals surface area contributed by atoms with Gasteiger partial charge in [0, 0.05) is 29.2 Å². The van der Waals surface area contributed by atoms with E-state index in [1.807, 2.05) is 6.07 Å². The van der Waals surface area contributed by atoms with E-state index in [0.29, 0.717) is 40.3 Å². The summed E-state index contributed by atoms with van der Waals surface area (Å²) in [7, 11) is 0. The predicted molar refractivity (Wildman–Crippen MR) is 103 cm³/mol. The van der Waals surface area contributed by atoms with Gasteiger partial charge in [-0.25, -0.2) is 9.97 Å². The van der Waals surface area contributed by atoms with Crippen LogP contribution < -0.4 is 10.6 Å². The number of amides is 1. The highest BCUT2D eigenvalue weighted by molar-refractivity contribution is 6.35. The van der Waals surface area contributed by atoms with Gasteiger partial charge < -0.3 is 10.6 Å². The summed E-state index contributed by atoms with van der Waals surface area (Å²) in [6.07, 6.45) is 2.76. The summed E-state index contributed by atoms with van der Waals surface area (Å²) >= 11 is 12.0. The van der Waals surface area contributed by atoms with E-state index in [4.69, 9.17) is 23.2 Å². The molecule has 0 aliphatic carbocycles. The number of carbonyl (C=O) groups excluding carboxylic acids is 1. The van der Waals surface area contributed by atoms with E-state index in [0.717, 1.165) is 24.9 Å². The topological polar surface area (TPSA) is 66.9 Å². The van der Waals surface area contributed by atoms with Crippen LogP contribution in [0, 0.1) is 6.92 Å². The first-order valence-electron chi connectivity index (χ1n) is 8.31. The summed E-state index contributed by atoms with van der Waals surface area (Å²) in [5.41, 5.74) is 1.29. The zero-order chi connectivity index (χ0) is 18.2. The fourth-order valence-electron chi connectivity index (χ4n) is 2.29. The molecule has 0 saturated carbocycles. The lowest BCUT2D eigenvalue weighted by molar-refractivity contribution is 0.0949. The van der Waals surface area contributed by atoms with Gasteiger partial charge in [0.2, 0.25) is 0 Å². The zero-order valence-corrected chi connectivity index (χ0v) is 15.9. The van der Waals surface area contributed by atoms with Gasteiger partial charge in [0.05, 0.1) is 0 Å². The first-order valence-corrected chi connectivity index (χ1v) is 9.07. The van der Waals surface area contributed by atoms with Gasteiger partial charge in [-0.05, 0) is 37.5 Å². The van der Waals surface area contributed by atoms with Crippen LogP contribution in [0.2, 0.25) is 10.0 Å². The molecule has 2 aromatic rings. The molecule has 1 heterocycles. The minimum absolute atomic E-state index is 0.228. The molecular weight excluding hydrogens is 359 g/mol. The number of halogens is 2. The van der Waals surface area contributed by atoms with Gasteiger partial charge in [-0.2, -0.15) is 0 Å². The quantitative estimate of drug-likeness (QED) is 0.670. The molecule has 0 atom stereocenters. The summed E-state index contributed by atoms with van der Waals surface area (Å²) < 4.78 is 0. The molecule has 0 saturated heterocycles. The molecule has 0 aliphatic rings. The van der Waals surface area contributed by atoms with Gasteiger partial charge in [-0.3, -0.25) is 4.79 Å². The molecule has 0 bridgehead atoms. The van der Waals surface area contributed by atoms with Crippen molar-refractivity contribution in [2.45, 2.75) is 33.1 Å². The first-order chi connectivity index (χ1) is 12.0. The van der Waals surface area contributed by atoms with E-state index < -0.39 is 0 Å². The second-order valence-electron chi connectivity index (χ2n) is 5.71. The van der Waals surface area contributed by atoms with Crippen LogP contribution in [-0.2, 0) is 6.42 Å². The molecule has 1 aromatic heterocycles. The molecule has 0 radical (unpaired) electrons. The van der Waals surface area contributed by atoms with Crippen molar-refractivity contribution in [2.75, 3.05) is 18.4 Å². The maximum atomic E-state index is 12.3. The lowest BCUT2D eigenvalue weighted by Crippen LogP contribution is -2.27. The van der Waals surface area contributed by atoms with Crippen molar-refractivity contribution in [3.05, 3.63) is 51.4 Å². The monoisotopic (exact) mass is 380 g/mol. The molecule has 134 valence electrons. The normalized spacial score (nSPS) is 10.6. The molecule has 0 aliphatic heterocycles. The molecule has 0 unspecified atom stereocenters. The lowest BCUT2D eigenvalue weighted by Gasteiger charge is -2.09. The number of rotatable bonds is 8. The third-order valence-corrected chi connectivity index (χ3v) is 4.19. The van der Waals surface area contributed by atoms with Gasteiger partial charge in [-0.1, -0.05) is 42.6 Å². The summed E-state index contributed by atoms with van der Waals surface area (Å²) in [4.78, 5) is 20.8. The molecule has 2 rings (SSSR count). The summed E-state index contributed by atoms with van der Waals surface area (Å²) in [6.45, 7) is 5.18. The Morgan fingerprint density at radius 1 is 1.16 bits per heavy atom. The highest BCUT2D eigenvalue weighted by Gasteiger charge is 2.10. The first kappa shape index (κ1) is 19.5. The fourth-order valence-corrected chi connectivity index (χ4v) is 2.80. The van der Waals surface area contributed by atoms with Crippen molar-refractivity contribution < 1.29 is 4.79 Å². The Labute approximate surface area is 158 Å².